The van der Waals surface area contributed by atoms with Crippen LogP contribution in [0.25, 0.3) is 0 Å². The smallest absolute Gasteiger partial charge is 0.253 e. The summed E-state index contributed by atoms with van der Waals surface area (Å²) < 4.78 is 13.7. The number of nitrogens with zero attached hydrogens (tertiary/aromatic N) is 1. The maximum atomic E-state index is 13.7. The number of anilines is 1. The minimum atomic E-state index is -0.351. The number of hydrogen-bond acceptors (Lipinski definition) is 2. The molecule has 0 aliphatic rings. The lowest BCUT2D eigenvalue weighted by Crippen LogP contribution is -2.21. The molecule has 2 aromatic carbocycles. The van der Waals surface area contributed by atoms with Gasteiger partial charge in [0, 0.05) is 42.5 Å². The van der Waals surface area contributed by atoms with Gasteiger partial charge in [0.15, 0.2) is 0 Å². The van der Waals surface area contributed by atoms with Gasteiger partial charge in [-0.3, -0.25) is 4.79 Å². The fourth-order valence-corrected chi connectivity index (χ4v) is 2.04. The largest absolute Gasteiger partial charge is 0.381 e. The molecule has 110 valence electrons. The molecule has 0 atom stereocenters. The molecule has 3 nitrogen and oxygen atoms in total. The summed E-state index contributed by atoms with van der Waals surface area (Å²) in [5.74, 6) is -0.424. The Morgan fingerprint density at radius 1 is 1.24 bits per heavy atom. The summed E-state index contributed by atoms with van der Waals surface area (Å²) >= 11 is 5.72. The summed E-state index contributed by atoms with van der Waals surface area (Å²) in [6, 6.07) is 11.7. The Balaban J connectivity index is 2.10. The van der Waals surface area contributed by atoms with Crippen LogP contribution in [-0.2, 0) is 6.54 Å². The van der Waals surface area contributed by atoms with Crippen molar-refractivity contribution in [3.05, 3.63) is 64.4 Å². The van der Waals surface area contributed by atoms with E-state index in [-0.39, 0.29) is 11.7 Å². The fraction of sp³-hybridized carbons (Fsp3) is 0.188. The first-order chi connectivity index (χ1) is 9.97. The average molecular weight is 307 g/mol. The molecule has 0 saturated heterocycles. The average Bonchev–Trinajstić information content (AvgIpc) is 2.45. The van der Waals surface area contributed by atoms with Crippen molar-refractivity contribution in [2.45, 2.75) is 6.54 Å². The zero-order valence-electron chi connectivity index (χ0n) is 11.9. The van der Waals surface area contributed by atoms with Crippen molar-refractivity contribution in [3.63, 3.8) is 0 Å². The Morgan fingerprint density at radius 2 is 2.00 bits per heavy atom. The zero-order valence-corrected chi connectivity index (χ0v) is 12.6. The molecule has 0 saturated carbocycles. The quantitative estimate of drug-likeness (QED) is 0.932. The van der Waals surface area contributed by atoms with Crippen LogP contribution in [0.1, 0.15) is 15.9 Å². The summed E-state index contributed by atoms with van der Waals surface area (Å²) in [6.07, 6.45) is 0. The highest BCUT2D eigenvalue weighted by molar-refractivity contribution is 6.30. The molecule has 5 heteroatoms. The van der Waals surface area contributed by atoms with Crippen molar-refractivity contribution in [2.24, 2.45) is 0 Å². The van der Waals surface area contributed by atoms with E-state index in [0.717, 1.165) is 5.69 Å². The lowest BCUT2D eigenvalue weighted by atomic mass is 10.1. The van der Waals surface area contributed by atoms with Crippen molar-refractivity contribution >= 4 is 23.2 Å². The summed E-state index contributed by atoms with van der Waals surface area (Å²) in [7, 11) is 3.40. The molecule has 0 aromatic heterocycles. The molecule has 2 aromatic rings. The molecule has 0 fully saturated rings. The Hall–Kier alpha value is -2.07. The Kier molecular flexibility index (Phi) is 4.81. The first-order valence-electron chi connectivity index (χ1n) is 6.47. The van der Waals surface area contributed by atoms with Crippen molar-refractivity contribution in [1.29, 1.82) is 0 Å². The minimum Gasteiger partial charge on any atom is -0.381 e. The maximum Gasteiger partial charge on any atom is 0.253 e. The monoisotopic (exact) mass is 306 g/mol. The second kappa shape index (κ2) is 6.59. The first kappa shape index (κ1) is 15.3. The van der Waals surface area contributed by atoms with Crippen LogP contribution in [-0.4, -0.2) is 24.9 Å². The Bertz CT molecular complexity index is 658. The van der Waals surface area contributed by atoms with Crippen LogP contribution < -0.4 is 5.32 Å². The van der Waals surface area contributed by atoms with Gasteiger partial charge in [0.25, 0.3) is 5.91 Å². The highest BCUT2D eigenvalue weighted by Crippen LogP contribution is 2.17. The SMILES string of the molecule is CN(C)C(=O)c1cccc(NCc2ccc(Cl)cc2F)c1. The van der Waals surface area contributed by atoms with Gasteiger partial charge in [-0.1, -0.05) is 23.7 Å². The van der Waals surface area contributed by atoms with Gasteiger partial charge in [-0.15, -0.1) is 0 Å². The lowest BCUT2D eigenvalue weighted by molar-refractivity contribution is 0.0827. The van der Waals surface area contributed by atoms with Crippen LogP contribution in [0, 0.1) is 5.82 Å². The van der Waals surface area contributed by atoms with Crippen LogP contribution in [0.15, 0.2) is 42.5 Å². The van der Waals surface area contributed by atoms with Crippen LogP contribution in [0.3, 0.4) is 0 Å². The molecule has 0 spiro atoms. The van der Waals surface area contributed by atoms with E-state index in [0.29, 0.717) is 22.7 Å². The summed E-state index contributed by atoms with van der Waals surface area (Å²) in [4.78, 5) is 13.4. The number of hydrogen-bond donors (Lipinski definition) is 1. The van der Waals surface area contributed by atoms with Gasteiger partial charge in [0.05, 0.1) is 0 Å². The highest BCUT2D eigenvalue weighted by atomic mass is 35.5. The molecular weight excluding hydrogens is 291 g/mol. The van der Waals surface area contributed by atoms with Gasteiger partial charge in [0.1, 0.15) is 5.82 Å². The van der Waals surface area contributed by atoms with E-state index in [1.165, 1.54) is 11.0 Å². The van der Waals surface area contributed by atoms with E-state index in [2.05, 4.69) is 5.32 Å². The van der Waals surface area contributed by atoms with Crippen LogP contribution >= 0.6 is 11.6 Å². The third-order valence-electron chi connectivity index (χ3n) is 3.01. The second-order valence-corrected chi connectivity index (χ2v) is 5.31. The van der Waals surface area contributed by atoms with Gasteiger partial charge in [0.2, 0.25) is 0 Å². The van der Waals surface area contributed by atoms with Gasteiger partial charge in [-0.2, -0.15) is 0 Å². The number of carbonyl (C=O) groups is 1. The van der Waals surface area contributed by atoms with E-state index < -0.39 is 0 Å². The van der Waals surface area contributed by atoms with E-state index in [4.69, 9.17) is 11.6 Å². The number of nitrogens with one attached hydrogen (secondary N) is 1. The van der Waals surface area contributed by atoms with Gasteiger partial charge in [-0.25, -0.2) is 4.39 Å². The standard InChI is InChI=1S/C16H16ClFN2O/c1-20(2)16(21)11-4-3-5-14(8-11)19-10-12-6-7-13(17)9-15(12)18/h3-9,19H,10H2,1-2H3. The van der Waals surface area contributed by atoms with Crippen LogP contribution in [0.2, 0.25) is 5.02 Å². The summed E-state index contributed by atoms with van der Waals surface area (Å²) in [5.41, 5.74) is 1.86. The van der Waals surface area contributed by atoms with Crippen molar-refractivity contribution in [2.75, 3.05) is 19.4 Å². The maximum absolute atomic E-state index is 13.7. The molecule has 1 N–H and O–H groups in total. The normalized spacial score (nSPS) is 10.3. The first-order valence-corrected chi connectivity index (χ1v) is 6.84. The van der Waals surface area contributed by atoms with Crippen molar-refractivity contribution in [1.82, 2.24) is 4.90 Å². The third-order valence-corrected chi connectivity index (χ3v) is 3.25. The second-order valence-electron chi connectivity index (χ2n) is 4.87. The van der Waals surface area contributed by atoms with E-state index in [1.54, 1.807) is 44.4 Å². The minimum absolute atomic E-state index is 0.0728. The van der Waals surface area contributed by atoms with E-state index in [1.807, 2.05) is 6.07 Å². The van der Waals surface area contributed by atoms with Crippen molar-refractivity contribution in [3.8, 4) is 0 Å². The zero-order chi connectivity index (χ0) is 15.4. The molecule has 21 heavy (non-hydrogen) atoms. The number of amides is 1. The summed E-state index contributed by atoms with van der Waals surface area (Å²) in [6.45, 7) is 0.322. The molecule has 0 unspecified atom stereocenters. The van der Waals surface area contributed by atoms with Gasteiger partial charge in [-0.05, 0) is 30.3 Å². The van der Waals surface area contributed by atoms with E-state index in [9.17, 15) is 9.18 Å². The molecule has 0 heterocycles. The Morgan fingerprint density at radius 3 is 2.67 bits per heavy atom. The lowest BCUT2D eigenvalue weighted by Gasteiger charge is -2.12. The predicted octanol–water partition coefficient (Wildman–Crippen LogP) is 3.79. The predicted molar refractivity (Wildman–Crippen MR) is 83.2 cm³/mol. The number of rotatable bonds is 4. The molecular formula is C16H16ClFN2O. The van der Waals surface area contributed by atoms with E-state index >= 15 is 0 Å². The molecule has 0 bridgehead atoms. The van der Waals surface area contributed by atoms with Gasteiger partial charge >= 0.3 is 0 Å². The van der Waals surface area contributed by atoms with Crippen LogP contribution in [0.5, 0.6) is 0 Å². The fourth-order valence-electron chi connectivity index (χ4n) is 1.88. The van der Waals surface area contributed by atoms with Crippen molar-refractivity contribution < 1.29 is 9.18 Å². The molecule has 1 amide bonds. The molecule has 2 rings (SSSR count). The number of carbonyl (C=O) groups excluding carboxylic acids is 1. The molecule has 0 aliphatic carbocycles. The van der Waals surface area contributed by atoms with Gasteiger partial charge < -0.3 is 10.2 Å². The highest BCUT2D eigenvalue weighted by Gasteiger charge is 2.08. The molecule has 0 aliphatic heterocycles. The third kappa shape index (κ3) is 3.95. The topological polar surface area (TPSA) is 32.3 Å². The Labute approximate surface area is 128 Å². The molecule has 0 radical (unpaired) electrons. The van der Waals surface area contributed by atoms with Crippen LogP contribution in [0.4, 0.5) is 10.1 Å². The summed E-state index contributed by atoms with van der Waals surface area (Å²) in [5, 5.41) is 3.47. The number of benzene rings is 2. The number of halogens is 2.